The Morgan fingerprint density at radius 1 is 1.26 bits per heavy atom. The number of benzene rings is 1. The number of rotatable bonds is 5. The lowest BCUT2D eigenvalue weighted by atomic mass is 10.1. The molecule has 1 saturated heterocycles. The van der Waals surface area contributed by atoms with Gasteiger partial charge in [0.2, 0.25) is 0 Å². The fourth-order valence-electron chi connectivity index (χ4n) is 3.01. The van der Waals surface area contributed by atoms with E-state index in [0.29, 0.717) is 11.5 Å². The van der Waals surface area contributed by atoms with Gasteiger partial charge in [-0.3, -0.25) is 4.21 Å². The van der Waals surface area contributed by atoms with Crippen molar-refractivity contribution in [2.24, 2.45) is 0 Å². The highest BCUT2D eigenvalue weighted by Gasteiger charge is 2.17. The number of aromatic nitrogens is 2. The minimum atomic E-state index is -0.867. The standard InChI is InChI=1S/C18H24N2O2S/c1-14-11-15(2)20(19-14)17-8-6-16(7-9-17)12-23(21)13-18-5-3-4-10-22-18/h6-9,11,18H,3-5,10,12-13H2,1-2H3/t18-,23-/m1/s1. The molecule has 0 bridgehead atoms. The first kappa shape index (κ1) is 16.4. The number of hydrogen-bond donors (Lipinski definition) is 0. The van der Waals surface area contributed by atoms with E-state index in [2.05, 4.69) is 11.2 Å². The summed E-state index contributed by atoms with van der Waals surface area (Å²) >= 11 is 0. The Labute approximate surface area is 140 Å². The molecule has 0 N–H and O–H groups in total. The maximum Gasteiger partial charge on any atom is 0.0690 e. The molecule has 4 nitrogen and oxygen atoms in total. The van der Waals surface area contributed by atoms with Gasteiger partial charge in [-0.05, 0) is 56.9 Å². The molecule has 1 aromatic carbocycles. The zero-order valence-electron chi connectivity index (χ0n) is 13.8. The predicted molar refractivity (Wildman–Crippen MR) is 93.3 cm³/mol. The predicted octanol–water partition coefficient (Wildman–Crippen LogP) is 3.31. The van der Waals surface area contributed by atoms with E-state index >= 15 is 0 Å². The molecule has 2 heterocycles. The Kier molecular flexibility index (Phi) is 5.28. The summed E-state index contributed by atoms with van der Waals surface area (Å²) in [6.45, 7) is 4.86. The highest BCUT2D eigenvalue weighted by molar-refractivity contribution is 7.84. The average Bonchev–Trinajstić information content (AvgIpc) is 2.87. The van der Waals surface area contributed by atoms with Gasteiger partial charge in [0.05, 0.1) is 23.2 Å². The van der Waals surface area contributed by atoms with Gasteiger partial charge in [0.15, 0.2) is 0 Å². The second-order valence-electron chi connectivity index (χ2n) is 6.24. The molecule has 0 radical (unpaired) electrons. The molecule has 23 heavy (non-hydrogen) atoms. The Balaban J connectivity index is 1.61. The quantitative estimate of drug-likeness (QED) is 0.844. The Bertz CT molecular complexity index is 673. The van der Waals surface area contributed by atoms with Gasteiger partial charge in [0.25, 0.3) is 0 Å². The third-order valence-electron chi connectivity index (χ3n) is 4.16. The van der Waals surface area contributed by atoms with E-state index in [1.54, 1.807) is 0 Å². The highest BCUT2D eigenvalue weighted by Crippen LogP contribution is 2.17. The summed E-state index contributed by atoms with van der Waals surface area (Å²) in [4.78, 5) is 0. The Hall–Kier alpha value is -1.46. The lowest BCUT2D eigenvalue weighted by Gasteiger charge is -2.22. The molecule has 0 saturated carbocycles. The molecule has 3 rings (SSSR count). The molecule has 0 unspecified atom stereocenters. The van der Waals surface area contributed by atoms with Crippen LogP contribution in [0.1, 0.15) is 36.2 Å². The van der Waals surface area contributed by atoms with Crippen molar-refractivity contribution in [3.8, 4) is 5.69 Å². The molecule has 0 aliphatic carbocycles. The first-order valence-electron chi connectivity index (χ1n) is 8.21. The van der Waals surface area contributed by atoms with Crippen LogP contribution in [0, 0.1) is 13.8 Å². The van der Waals surface area contributed by atoms with Crippen molar-refractivity contribution in [2.45, 2.75) is 45.0 Å². The molecule has 0 amide bonds. The normalized spacial score (nSPS) is 19.7. The van der Waals surface area contributed by atoms with E-state index in [1.807, 2.05) is 42.8 Å². The van der Waals surface area contributed by atoms with Crippen LogP contribution in [0.25, 0.3) is 5.69 Å². The van der Waals surface area contributed by atoms with Crippen LogP contribution in [0.2, 0.25) is 0 Å². The van der Waals surface area contributed by atoms with E-state index in [4.69, 9.17) is 4.74 Å². The van der Waals surface area contributed by atoms with Crippen molar-refractivity contribution in [2.75, 3.05) is 12.4 Å². The largest absolute Gasteiger partial charge is 0.377 e. The van der Waals surface area contributed by atoms with Crippen LogP contribution >= 0.6 is 0 Å². The lowest BCUT2D eigenvalue weighted by molar-refractivity contribution is 0.0310. The fraction of sp³-hybridized carbons (Fsp3) is 0.500. The van der Waals surface area contributed by atoms with E-state index in [0.717, 1.165) is 42.1 Å². The zero-order valence-corrected chi connectivity index (χ0v) is 14.6. The van der Waals surface area contributed by atoms with Crippen LogP contribution in [0.15, 0.2) is 30.3 Å². The highest BCUT2D eigenvalue weighted by atomic mass is 32.2. The van der Waals surface area contributed by atoms with Gasteiger partial charge >= 0.3 is 0 Å². The topological polar surface area (TPSA) is 44.1 Å². The van der Waals surface area contributed by atoms with E-state index < -0.39 is 10.8 Å². The SMILES string of the molecule is Cc1cc(C)n(-c2ccc(C[S@@](=O)C[C@H]3CCCCO3)cc2)n1. The number of hydrogen-bond acceptors (Lipinski definition) is 3. The van der Waals surface area contributed by atoms with Crippen molar-refractivity contribution in [3.05, 3.63) is 47.3 Å². The van der Waals surface area contributed by atoms with Crippen molar-refractivity contribution in [1.82, 2.24) is 9.78 Å². The Morgan fingerprint density at radius 3 is 2.65 bits per heavy atom. The molecule has 1 aliphatic rings. The maximum absolute atomic E-state index is 12.3. The van der Waals surface area contributed by atoms with Gasteiger partial charge in [-0.2, -0.15) is 5.10 Å². The molecule has 5 heteroatoms. The molecule has 2 aromatic rings. The second kappa shape index (κ2) is 7.41. The first-order chi connectivity index (χ1) is 11.1. The molecular weight excluding hydrogens is 308 g/mol. The smallest absolute Gasteiger partial charge is 0.0690 e. The van der Waals surface area contributed by atoms with Crippen molar-refractivity contribution < 1.29 is 8.95 Å². The van der Waals surface area contributed by atoms with Gasteiger partial charge in [0.1, 0.15) is 0 Å². The van der Waals surface area contributed by atoms with Crippen LogP contribution in [0.3, 0.4) is 0 Å². The Morgan fingerprint density at radius 2 is 2.04 bits per heavy atom. The van der Waals surface area contributed by atoms with E-state index in [1.165, 1.54) is 6.42 Å². The molecular formula is C18H24N2O2S. The van der Waals surface area contributed by atoms with E-state index in [-0.39, 0.29) is 6.10 Å². The summed E-state index contributed by atoms with van der Waals surface area (Å²) in [5, 5.41) is 4.49. The summed E-state index contributed by atoms with van der Waals surface area (Å²) in [6.07, 6.45) is 3.55. The van der Waals surface area contributed by atoms with Gasteiger partial charge in [0, 0.05) is 28.9 Å². The summed E-state index contributed by atoms with van der Waals surface area (Å²) in [7, 11) is -0.867. The monoisotopic (exact) mass is 332 g/mol. The second-order valence-corrected chi connectivity index (χ2v) is 7.75. The van der Waals surface area contributed by atoms with Crippen molar-refractivity contribution in [1.29, 1.82) is 0 Å². The van der Waals surface area contributed by atoms with Gasteiger partial charge in [-0.25, -0.2) is 4.68 Å². The van der Waals surface area contributed by atoms with Crippen LogP contribution in [-0.4, -0.2) is 32.5 Å². The fourth-order valence-corrected chi connectivity index (χ4v) is 4.37. The number of ether oxygens (including phenoxy) is 1. The summed E-state index contributed by atoms with van der Waals surface area (Å²) in [6, 6.07) is 10.2. The van der Waals surface area contributed by atoms with Crippen LogP contribution in [0.5, 0.6) is 0 Å². The lowest BCUT2D eigenvalue weighted by Crippen LogP contribution is -2.25. The van der Waals surface area contributed by atoms with Crippen molar-refractivity contribution in [3.63, 3.8) is 0 Å². The van der Waals surface area contributed by atoms with E-state index in [9.17, 15) is 4.21 Å². The third kappa shape index (κ3) is 4.30. The number of aryl methyl sites for hydroxylation is 2. The molecule has 124 valence electrons. The first-order valence-corrected chi connectivity index (χ1v) is 9.70. The third-order valence-corrected chi connectivity index (χ3v) is 5.56. The molecule has 1 fully saturated rings. The van der Waals surface area contributed by atoms with Gasteiger partial charge in [-0.1, -0.05) is 12.1 Å². The van der Waals surface area contributed by atoms with Gasteiger partial charge in [-0.15, -0.1) is 0 Å². The molecule has 2 atom stereocenters. The zero-order chi connectivity index (χ0) is 16.2. The summed E-state index contributed by atoms with van der Waals surface area (Å²) < 4.78 is 19.9. The minimum Gasteiger partial charge on any atom is -0.377 e. The molecule has 1 aromatic heterocycles. The number of nitrogens with zero attached hydrogens (tertiary/aromatic N) is 2. The van der Waals surface area contributed by atoms with Crippen LogP contribution in [0.4, 0.5) is 0 Å². The van der Waals surface area contributed by atoms with Crippen LogP contribution in [-0.2, 0) is 21.3 Å². The van der Waals surface area contributed by atoms with Gasteiger partial charge < -0.3 is 4.74 Å². The minimum absolute atomic E-state index is 0.179. The summed E-state index contributed by atoms with van der Waals surface area (Å²) in [5.41, 5.74) is 4.28. The van der Waals surface area contributed by atoms with Crippen molar-refractivity contribution >= 4 is 10.8 Å². The molecule has 1 aliphatic heterocycles. The maximum atomic E-state index is 12.3. The average molecular weight is 332 g/mol. The molecule has 0 spiro atoms. The summed E-state index contributed by atoms with van der Waals surface area (Å²) in [5.74, 6) is 1.25. The van der Waals surface area contributed by atoms with Crippen LogP contribution < -0.4 is 0 Å².